The van der Waals surface area contributed by atoms with E-state index < -0.39 is 17.2 Å². The summed E-state index contributed by atoms with van der Waals surface area (Å²) in [6.07, 6.45) is 6.88. The number of rotatable bonds is 8. The maximum atomic E-state index is 14.3. The SMILES string of the molecule is Nc1c(-c2cn(C3CCN(C(=O)c4cccc(C(=O)NCc5ccccc5CN5C(=O)NC6(CCCCC6)C5=O)c4)CC3)nn2)cc(F)c(Br)c1F. The van der Waals surface area contributed by atoms with Gasteiger partial charge in [0.05, 0.1) is 28.9 Å². The lowest BCUT2D eigenvalue weighted by atomic mass is 9.81. The Balaban J connectivity index is 0.952. The first-order chi connectivity index (χ1) is 25.0. The van der Waals surface area contributed by atoms with Crippen LogP contribution in [-0.2, 0) is 17.9 Å². The monoisotopic (exact) mass is 774 g/mol. The lowest BCUT2D eigenvalue weighted by Gasteiger charge is -2.32. The smallest absolute Gasteiger partial charge is 0.325 e. The number of amides is 5. The summed E-state index contributed by atoms with van der Waals surface area (Å²) >= 11 is 2.85. The number of anilines is 1. The molecule has 3 aliphatic rings. The molecule has 1 saturated carbocycles. The van der Waals surface area contributed by atoms with E-state index in [-0.39, 0.29) is 64.3 Å². The molecule has 1 aromatic heterocycles. The van der Waals surface area contributed by atoms with Crippen LogP contribution in [0.2, 0.25) is 0 Å². The number of piperidine rings is 1. The summed E-state index contributed by atoms with van der Waals surface area (Å²) < 4.78 is 29.8. The Kier molecular flexibility index (Phi) is 9.79. The minimum atomic E-state index is -0.904. The van der Waals surface area contributed by atoms with Crippen molar-refractivity contribution in [2.24, 2.45) is 0 Å². The van der Waals surface area contributed by atoms with Gasteiger partial charge in [-0.25, -0.2) is 18.3 Å². The standard InChI is InChI=1S/C37H37BrF2N8O4/c38-30-28(39)18-27(32(41)31(30)40)29-21-48(45-44-29)26-11-15-46(16-12-26)34(50)23-10-6-9-22(17-23)33(49)42-19-24-7-2-3-8-25(24)20-47-35(51)37(43-36(47)52)13-4-1-5-14-37/h2-3,6-10,17-18,21,26H,1,4-5,11-16,19-20,41H2,(H,42,49)(H,43,52). The number of imide groups is 1. The number of hydrogen-bond acceptors (Lipinski definition) is 7. The van der Waals surface area contributed by atoms with Crippen LogP contribution in [0.15, 0.2) is 65.3 Å². The number of carbonyl (C=O) groups excluding carboxylic acids is 4. The summed E-state index contributed by atoms with van der Waals surface area (Å²) in [4.78, 5) is 56.0. The van der Waals surface area contributed by atoms with Gasteiger partial charge in [-0.1, -0.05) is 54.8 Å². The Labute approximate surface area is 306 Å². The molecule has 2 aliphatic heterocycles. The van der Waals surface area contributed by atoms with Crippen LogP contribution < -0.4 is 16.4 Å². The number of carbonyl (C=O) groups is 4. The average Bonchev–Trinajstić information content (AvgIpc) is 3.74. The molecule has 3 aromatic carbocycles. The second-order valence-electron chi connectivity index (χ2n) is 13.6. The molecule has 4 aromatic rings. The van der Waals surface area contributed by atoms with Crippen LogP contribution in [0.4, 0.5) is 19.3 Å². The number of halogens is 3. The number of nitrogen functional groups attached to an aromatic ring is 1. The van der Waals surface area contributed by atoms with Crippen molar-refractivity contribution in [3.8, 4) is 11.3 Å². The van der Waals surface area contributed by atoms with Crippen LogP contribution in [-0.4, -0.2) is 67.2 Å². The second kappa shape index (κ2) is 14.4. The molecular weight excluding hydrogens is 738 g/mol. The zero-order valence-electron chi connectivity index (χ0n) is 28.2. The molecule has 0 unspecified atom stereocenters. The van der Waals surface area contributed by atoms with Crippen LogP contribution >= 0.6 is 15.9 Å². The molecule has 4 N–H and O–H groups in total. The van der Waals surface area contributed by atoms with Gasteiger partial charge in [0.2, 0.25) is 0 Å². The second-order valence-corrected chi connectivity index (χ2v) is 14.3. The zero-order chi connectivity index (χ0) is 36.6. The predicted octanol–water partition coefficient (Wildman–Crippen LogP) is 5.73. The fourth-order valence-corrected chi connectivity index (χ4v) is 7.68. The molecular formula is C37H37BrF2N8O4. The van der Waals surface area contributed by atoms with Gasteiger partial charge in [-0.3, -0.25) is 19.3 Å². The summed E-state index contributed by atoms with van der Waals surface area (Å²) in [6, 6.07) is 14.5. The number of benzene rings is 3. The summed E-state index contributed by atoms with van der Waals surface area (Å²) in [5.41, 5.74) is 7.40. The largest absolute Gasteiger partial charge is 0.396 e. The topological polar surface area (TPSA) is 156 Å². The Bertz CT molecular complexity index is 2060. The molecule has 3 fully saturated rings. The van der Waals surface area contributed by atoms with E-state index in [2.05, 4.69) is 36.9 Å². The third kappa shape index (κ3) is 6.76. The highest BCUT2D eigenvalue weighted by atomic mass is 79.9. The van der Waals surface area contributed by atoms with Crippen molar-refractivity contribution in [3.05, 3.63) is 99.2 Å². The Hall–Kier alpha value is -5.18. The van der Waals surface area contributed by atoms with Gasteiger partial charge in [0.1, 0.15) is 17.1 Å². The van der Waals surface area contributed by atoms with Crippen molar-refractivity contribution in [3.63, 3.8) is 0 Å². The highest BCUT2D eigenvalue weighted by molar-refractivity contribution is 9.10. The van der Waals surface area contributed by atoms with E-state index in [1.54, 1.807) is 40.0 Å². The fourth-order valence-electron chi connectivity index (χ4n) is 7.36. The van der Waals surface area contributed by atoms with Crippen molar-refractivity contribution in [1.82, 2.24) is 35.4 Å². The normalized spacial score (nSPS) is 17.4. The number of nitrogens with zero attached hydrogens (tertiary/aromatic N) is 5. The highest BCUT2D eigenvalue weighted by Crippen LogP contribution is 2.36. The van der Waals surface area contributed by atoms with Gasteiger partial charge < -0.3 is 21.3 Å². The van der Waals surface area contributed by atoms with Crippen molar-refractivity contribution >= 4 is 45.4 Å². The summed E-state index contributed by atoms with van der Waals surface area (Å²) in [5.74, 6) is -2.47. The van der Waals surface area contributed by atoms with Crippen LogP contribution in [0.1, 0.15) is 82.8 Å². The minimum Gasteiger partial charge on any atom is -0.396 e. The van der Waals surface area contributed by atoms with Gasteiger partial charge in [0.25, 0.3) is 17.7 Å². The lowest BCUT2D eigenvalue weighted by molar-refractivity contribution is -0.132. The van der Waals surface area contributed by atoms with Crippen LogP contribution in [0.3, 0.4) is 0 Å². The minimum absolute atomic E-state index is 0.0944. The number of hydrogen-bond donors (Lipinski definition) is 3. The third-order valence-electron chi connectivity index (χ3n) is 10.3. The van der Waals surface area contributed by atoms with Crippen LogP contribution in [0, 0.1) is 11.6 Å². The van der Waals surface area contributed by atoms with Gasteiger partial charge in [0.15, 0.2) is 5.82 Å². The van der Waals surface area contributed by atoms with E-state index >= 15 is 0 Å². The first-order valence-corrected chi connectivity index (χ1v) is 18.1. The molecule has 7 rings (SSSR count). The molecule has 1 aliphatic carbocycles. The Morgan fingerprint density at radius 3 is 2.44 bits per heavy atom. The molecule has 12 nitrogen and oxygen atoms in total. The van der Waals surface area contributed by atoms with Gasteiger partial charge in [-0.2, -0.15) is 0 Å². The molecule has 0 radical (unpaired) electrons. The van der Waals surface area contributed by atoms with Crippen molar-refractivity contribution in [2.45, 2.75) is 69.6 Å². The Morgan fingerprint density at radius 1 is 0.981 bits per heavy atom. The van der Waals surface area contributed by atoms with E-state index in [4.69, 9.17) is 5.73 Å². The van der Waals surface area contributed by atoms with E-state index in [1.807, 2.05) is 24.3 Å². The van der Waals surface area contributed by atoms with Gasteiger partial charge in [-0.15, -0.1) is 5.10 Å². The first kappa shape index (κ1) is 35.2. The Morgan fingerprint density at radius 2 is 1.69 bits per heavy atom. The summed E-state index contributed by atoms with van der Waals surface area (Å²) in [7, 11) is 0. The molecule has 5 amide bonds. The van der Waals surface area contributed by atoms with E-state index in [1.165, 1.54) is 4.90 Å². The van der Waals surface area contributed by atoms with Crippen LogP contribution in [0.5, 0.6) is 0 Å². The highest BCUT2D eigenvalue weighted by Gasteiger charge is 2.51. The molecule has 270 valence electrons. The number of aromatic nitrogens is 3. The summed E-state index contributed by atoms with van der Waals surface area (Å²) in [5, 5.41) is 14.1. The number of nitrogens with one attached hydrogen (secondary N) is 2. The maximum Gasteiger partial charge on any atom is 0.325 e. The molecule has 3 heterocycles. The third-order valence-corrected chi connectivity index (χ3v) is 11.0. The van der Waals surface area contributed by atoms with Gasteiger partial charge >= 0.3 is 6.03 Å². The van der Waals surface area contributed by atoms with Gasteiger partial charge in [-0.05, 0) is 77.0 Å². The van der Waals surface area contributed by atoms with Crippen LogP contribution in [0.25, 0.3) is 11.3 Å². The number of nitrogens with two attached hydrogens (primary N) is 1. The first-order valence-electron chi connectivity index (χ1n) is 17.3. The maximum absolute atomic E-state index is 14.3. The molecule has 0 atom stereocenters. The number of likely N-dealkylation sites (tertiary alicyclic amines) is 1. The van der Waals surface area contributed by atoms with Crippen molar-refractivity contribution in [1.29, 1.82) is 0 Å². The average molecular weight is 776 g/mol. The number of urea groups is 1. The van der Waals surface area contributed by atoms with Crippen molar-refractivity contribution < 1.29 is 28.0 Å². The quantitative estimate of drug-likeness (QED) is 0.117. The fraction of sp³-hybridized carbons (Fsp3) is 0.351. The predicted molar refractivity (Wildman–Crippen MR) is 191 cm³/mol. The van der Waals surface area contributed by atoms with E-state index in [0.29, 0.717) is 49.9 Å². The van der Waals surface area contributed by atoms with Gasteiger partial charge in [0, 0.05) is 36.3 Å². The summed E-state index contributed by atoms with van der Waals surface area (Å²) in [6.45, 7) is 1.12. The van der Waals surface area contributed by atoms with E-state index in [0.717, 1.165) is 36.5 Å². The zero-order valence-corrected chi connectivity index (χ0v) is 29.8. The van der Waals surface area contributed by atoms with E-state index in [9.17, 15) is 28.0 Å². The molecule has 52 heavy (non-hydrogen) atoms. The van der Waals surface area contributed by atoms with Crippen molar-refractivity contribution in [2.75, 3.05) is 18.8 Å². The molecule has 2 saturated heterocycles. The molecule has 0 bridgehead atoms. The molecule has 15 heteroatoms. The molecule has 1 spiro atoms. The lowest BCUT2D eigenvalue weighted by Crippen LogP contribution is -2.48.